The van der Waals surface area contributed by atoms with Gasteiger partial charge in [0.1, 0.15) is 0 Å². The summed E-state index contributed by atoms with van der Waals surface area (Å²) < 4.78 is 6.48. The van der Waals surface area contributed by atoms with Crippen molar-refractivity contribution in [1.29, 1.82) is 0 Å². The monoisotopic (exact) mass is 280 g/mol. The SMILES string of the molecule is COCCn1nc(NC(=O)O)c2cc([N+](=O)[O-])ccc21. The number of rotatable bonds is 5. The van der Waals surface area contributed by atoms with Crippen molar-refractivity contribution in [2.24, 2.45) is 0 Å². The molecule has 0 radical (unpaired) electrons. The van der Waals surface area contributed by atoms with E-state index >= 15 is 0 Å². The van der Waals surface area contributed by atoms with Gasteiger partial charge in [0.15, 0.2) is 5.82 Å². The number of non-ortho nitro benzene ring substituents is 1. The van der Waals surface area contributed by atoms with E-state index in [9.17, 15) is 14.9 Å². The molecule has 20 heavy (non-hydrogen) atoms. The van der Waals surface area contributed by atoms with Gasteiger partial charge in [0, 0.05) is 19.2 Å². The van der Waals surface area contributed by atoms with Crippen molar-refractivity contribution in [3.63, 3.8) is 0 Å². The lowest BCUT2D eigenvalue weighted by Gasteiger charge is -2.01. The third kappa shape index (κ3) is 2.67. The average Bonchev–Trinajstić information content (AvgIpc) is 2.73. The highest BCUT2D eigenvalue weighted by Gasteiger charge is 2.16. The molecule has 1 heterocycles. The van der Waals surface area contributed by atoms with Crippen LogP contribution in [0.15, 0.2) is 18.2 Å². The van der Waals surface area contributed by atoms with Gasteiger partial charge in [-0.2, -0.15) is 5.10 Å². The normalized spacial score (nSPS) is 10.7. The van der Waals surface area contributed by atoms with Crippen molar-refractivity contribution in [3.8, 4) is 0 Å². The predicted molar refractivity (Wildman–Crippen MR) is 69.9 cm³/mol. The number of methoxy groups -OCH3 is 1. The Morgan fingerprint density at radius 1 is 1.60 bits per heavy atom. The molecule has 2 aromatic rings. The summed E-state index contributed by atoms with van der Waals surface area (Å²) in [6.07, 6.45) is -1.28. The minimum absolute atomic E-state index is 0.0623. The van der Waals surface area contributed by atoms with Gasteiger partial charge in [-0.25, -0.2) is 4.79 Å². The van der Waals surface area contributed by atoms with Crippen molar-refractivity contribution in [3.05, 3.63) is 28.3 Å². The number of carbonyl (C=O) groups is 1. The number of nitro groups is 1. The Morgan fingerprint density at radius 2 is 2.35 bits per heavy atom. The molecule has 0 unspecified atom stereocenters. The Hall–Kier alpha value is -2.68. The van der Waals surface area contributed by atoms with Gasteiger partial charge in [-0.3, -0.25) is 20.1 Å². The fraction of sp³-hybridized carbons (Fsp3) is 0.273. The molecule has 1 aromatic heterocycles. The number of hydrogen-bond donors (Lipinski definition) is 2. The molecule has 1 aromatic carbocycles. The number of nitrogens with one attached hydrogen (secondary N) is 1. The summed E-state index contributed by atoms with van der Waals surface area (Å²) in [5.74, 6) is 0.0623. The van der Waals surface area contributed by atoms with Gasteiger partial charge >= 0.3 is 6.09 Å². The molecule has 106 valence electrons. The van der Waals surface area contributed by atoms with Gasteiger partial charge < -0.3 is 9.84 Å². The molecule has 2 rings (SSSR count). The van der Waals surface area contributed by atoms with Crippen LogP contribution in [0, 0.1) is 10.1 Å². The van der Waals surface area contributed by atoms with Crippen molar-refractivity contribution < 1.29 is 19.6 Å². The number of aromatic nitrogens is 2. The van der Waals surface area contributed by atoms with Gasteiger partial charge in [-0.15, -0.1) is 0 Å². The highest BCUT2D eigenvalue weighted by molar-refractivity contribution is 5.97. The van der Waals surface area contributed by atoms with Crippen LogP contribution in [0.5, 0.6) is 0 Å². The second kappa shape index (κ2) is 5.53. The van der Waals surface area contributed by atoms with Crippen molar-refractivity contribution in [2.45, 2.75) is 6.54 Å². The Bertz CT molecular complexity index is 666. The first-order chi connectivity index (χ1) is 9.52. The molecule has 0 saturated carbocycles. The van der Waals surface area contributed by atoms with E-state index in [1.165, 1.54) is 30.0 Å². The zero-order valence-electron chi connectivity index (χ0n) is 10.6. The molecule has 0 fully saturated rings. The molecule has 0 atom stereocenters. The third-order valence-electron chi connectivity index (χ3n) is 2.68. The summed E-state index contributed by atoms with van der Waals surface area (Å²) in [5, 5.41) is 26.1. The van der Waals surface area contributed by atoms with Crippen LogP contribution < -0.4 is 5.32 Å². The van der Waals surface area contributed by atoms with Gasteiger partial charge in [0.25, 0.3) is 5.69 Å². The van der Waals surface area contributed by atoms with Crippen molar-refractivity contribution >= 4 is 28.5 Å². The number of hydrogen-bond acceptors (Lipinski definition) is 5. The lowest BCUT2D eigenvalue weighted by molar-refractivity contribution is -0.384. The average molecular weight is 280 g/mol. The first kappa shape index (κ1) is 13.7. The van der Waals surface area contributed by atoms with Crippen molar-refractivity contribution in [1.82, 2.24) is 9.78 Å². The number of anilines is 1. The molecule has 9 heteroatoms. The third-order valence-corrected chi connectivity index (χ3v) is 2.68. The van der Waals surface area contributed by atoms with Gasteiger partial charge in [-0.1, -0.05) is 0 Å². The number of carboxylic acid groups (broad SMARTS) is 1. The van der Waals surface area contributed by atoms with Gasteiger partial charge in [0.2, 0.25) is 0 Å². The Balaban J connectivity index is 2.54. The fourth-order valence-corrected chi connectivity index (χ4v) is 1.82. The topological polar surface area (TPSA) is 120 Å². The van der Waals surface area contributed by atoms with Crippen LogP contribution >= 0.6 is 0 Å². The zero-order chi connectivity index (χ0) is 14.7. The van der Waals surface area contributed by atoms with Gasteiger partial charge in [-0.05, 0) is 6.07 Å². The van der Waals surface area contributed by atoms with Crippen LogP contribution in [0.2, 0.25) is 0 Å². The first-order valence-corrected chi connectivity index (χ1v) is 5.66. The minimum atomic E-state index is -1.28. The maximum absolute atomic E-state index is 10.8. The molecular formula is C11H12N4O5. The zero-order valence-corrected chi connectivity index (χ0v) is 10.6. The van der Waals surface area contributed by atoms with Gasteiger partial charge in [0.05, 0.1) is 29.0 Å². The lowest BCUT2D eigenvalue weighted by Crippen LogP contribution is -2.10. The highest BCUT2D eigenvalue weighted by Crippen LogP contribution is 2.27. The van der Waals surface area contributed by atoms with Crippen LogP contribution in [-0.2, 0) is 11.3 Å². The van der Waals surface area contributed by atoms with E-state index in [1.807, 2.05) is 0 Å². The van der Waals surface area contributed by atoms with E-state index in [2.05, 4.69) is 10.4 Å². The summed E-state index contributed by atoms with van der Waals surface area (Å²) in [7, 11) is 1.53. The Kier molecular flexibility index (Phi) is 3.80. The summed E-state index contributed by atoms with van der Waals surface area (Å²) in [5.41, 5.74) is 0.466. The van der Waals surface area contributed by atoms with E-state index in [0.717, 1.165) is 0 Å². The summed E-state index contributed by atoms with van der Waals surface area (Å²) in [6.45, 7) is 0.798. The molecule has 0 aliphatic heterocycles. The Morgan fingerprint density at radius 3 is 2.95 bits per heavy atom. The van der Waals surface area contributed by atoms with E-state index in [4.69, 9.17) is 9.84 Å². The lowest BCUT2D eigenvalue weighted by atomic mass is 10.2. The molecule has 0 bridgehead atoms. The summed E-state index contributed by atoms with van der Waals surface area (Å²) >= 11 is 0. The second-order valence-electron chi connectivity index (χ2n) is 3.95. The summed E-state index contributed by atoms with van der Waals surface area (Å²) in [6, 6.07) is 4.16. The number of nitro benzene ring substituents is 1. The first-order valence-electron chi connectivity index (χ1n) is 5.66. The van der Waals surface area contributed by atoms with E-state index in [-0.39, 0.29) is 11.5 Å². The fourth-order valence-electron chi connectivity index (χ4n) is 1.82. The number of nitrogens with zero attached hydrogens (tertiary/aromatic N) is 3. The van der Waals surface area contributed by atoms with Crippen LogP contribution in [0.1, 0.15) is 0 Å². The van der Waals surface area contributed by atoms with Crippen LogP contribution in [-0.4, -0.2) is 39.6 Å². The van der Waals surface area contributed by atoms with E-state index < -0.39 is 11.0 Å². The van der Waals surface area contributed by atoms with Crippen LogP contribution in [0.3, 0.4) is 0 Å². The molecule has 0 aliphatic rings. The molecule has 0 saturated heterocycles. The maximum Gasteiger partial charge on any atom is 0.410 e. The molecule has 2 N–H and O–H groups in total. The standard InChI is InChI=1S/C11H12N4O5/c1-20-5-4-14-9-3-2-7(15(18)19)6-8(9)10(13-14)12-11(16)17/h2-3,6H,4-5H2,1H3,(H,12,13)(H,16,17). The summed E-state index contributed by atoms with van der Waals surface area (Å²) in [4.78, 5) is 21.0. The largest absolute Gasteiger partial charge is 0.465 e. The molecule has 9 nitrogen and oxygen atoms in total. The molecular weight excluding hydrogens is 268 g/mol. The maximum atomic E-state index is 10.8. The minimum Gasteiger partial charge on any atom is -0.465 e. The van der Waals surface area contributed by atoms with E-state index in [1.54, 1.807) is 0 Å². The van der Waals surface area contributed by atoms with Crippen LogP contribution in [0.25, 0.3) is 10.9 Å². The molecule has 0 spiro atoms. The smallest absolute Gasteiger partial charge is 0.410 e. The Labute approximate surface area is 112 Å². The molecule has 1 amide bonds. The molecule has 0 aliphatic carbocycles. The van der Waals surface area contributed by atoms with E-state index in [0.29, 0.717) is 24.1 Å². The number of ether oxygens (including phenoxy) is 1. The predicted octanol–water partition coefficient (Wildman–Crippen LogP) is 1.68. The number of amides is 1. The quantitative estimate of drug-likeness (QED) is 0.635. The second-order valence-corrected chi connectivity index (χ2v) is 3.95. The number of fused-ring (bicyclic) bond motifs is 1. The van der Waals surface area contributed by atoms with Crippen LogP contribution in [0.4, 0.5) is 16.3 Å². The van der Waals surface area contributed by atoms with Crippen molar-refractivity contribution in [2.75, 3.05) is 19.0 Å². The number of benzene rings is 1. The highest BCUT2D eigenvalue weighted by atomic mass is 16.6.